The van der Waals surface area contributed by atoms with Gasteiger partial charge < -0.3 is 4.74 Å². The van der Waals surface area contributed by atoms with Crippen LogP contribution in [-0.4, -0.2) is 6.61 Å². The average molecular weight is 212 g/mol. The van der Waals surface area contributed by atoms with E-state index in [0.717, 1.165) is 6.42 Å². The van der Waals surface area contributed by atoms with Crippen molar-refractivity contribution in [1.82, 2.24) is 0 Å². The lowest BCUT2D eigenvalue weighted by atomic mass is 9.96. The van der Waals surface area contributed by atoms with Gasteiger partial charge in [0.15, 0.2) is 11.6 Å². The average Bonchev–Trinajstić information content (AvgIpc) is 2.23. The van der Waals surface area contributed by atoms with Crippen LogP contribution in [0.4, 0.5) is 8.78 Å². The van der Waals surface area contributed by atoms with Gasteiger partial charge in [0.1, 0.15) is 5.82 Å². The zero-order chi connectivity index (χ0) is 11.0. The number of rotatable bonds is 1. The Morgan fingerprint density at radius 1 is 1.33 bits per heavy atom. The van der Waals surface area contributed by atoms with Gasteiger partial charge in [-0.2, -0.15) is 0 Å². The molecule has 1 aromatic rings. The van der Waals surface area contributed by atoms with Crippen molar-refractivity contribution in [2.45, 2.75) is 32.6 Å². The maximum atomic E-state index is 13.9. The molecule has 1 aromatic carbocycles. The number of hydrogen-bond acceptors (Lipinski definition) is 1. The second-order valence-corrected chi connectivity index (χ2v) is 4.18. The van der Waals surface area contributed by atoms with E-state index in [-0.39, 0.29) is 17.5 Å². The second-order valence-electron chi connectivity index (χ2n) is 4.18. The Morgan fingerprint density at radius 2 is 2.07 bits per heavy atom. The Hall–Kier alpha value is -1.12. The van der Waals surface area contributed by atoms with E-state index in [4.69, 9.17) is 4.74 Å². The van der Waals surface area contributed by atoms with Gasteiger partial charge in [-0.25, -0.2) is 8.78 Å². The first kappa shape index (κ1) is 10.4. The lowest BCUT2D eigenvalue weighted by molar-refractivity contribution is 0.268. The fraction of sp³-hybridized carbons (Fsp3) is 0.500. The molecular formula is C12H14F2O. The molecule has 3 heteroatoms. The summed E-state index contributed by atoms with van der Waals surface area (Å²) in [6, 6.07) is 1.25. The van der Waals surface area contributed by atoms with E-state index in [9.17, 15) is 8.78 Å². The topological polar surface area (TPSA) is 9.23 Å². The molecule has 0 atom stereocenters. The molecule has 0 aromatic heterocycles. The minimum atomic E-state index is -0.435. The van der Waals surface area contributed by atoms with Crippen molar-refractivity contribution in [3.05, 3.63) is 28.8 Å². The molecule has 0 saturated carbocycles. The maximum Gasteiger partial charge on any atom is 0.165 e. The molecule has 2 rings (SSSR count). The van der Waals surface area contributed by atoms with Crippen LogP contribution in [0.25, 0.3) is 0 Å². The fourth-order valence-corrected chi connectivity index (χ4v) is 1.91. The first-order chi connectivity index (χ1) is 7.11. The van der Waals surface area contributed by atoms with Gasteiger partial charge in [-0.3, -0.25) is 0 Å². The van der Waals surface area contributed by atoms with Gasteiger partial charge >= 0.3 is 0 Å². The predicted octanol–water partition coefficient (Wildman–Crippen LogP) is 3.41. The molecule has 0 unspecified atom stereocenters. The second kappa shape index (κ2) is 3.80. The normalized spacial score (nSPS) is 15.0. The van der Waals surface area contributed by atoms with E-state index in [1.54, 1.807) is 0 Å². The van der Waals surface area contributed by atoms with Gasteiger partial charge in [0.2, 0.25) is 0 Å². The summed E-state index contributed by atoms with van der Waals surface area (Å²) in [5.41, 5.74) is 0.849. The van der Waals surface area contributed by atoms with Crippen molar-refractivity contribution in [3.63, 3.8) is 0 Å². The minimum Gasteiger partial charge on any atom is -0.490 e. The van der Waals surface area contributed by atoms with Crippen LogP contribution in [0.5, 0.6) is 5.75 Å². The van der Waals surface area contributed by atoms with Crippen molar-refractivity contribution in [2.75, 3.05) is 6.61 Å². The van der Waals surface area contributed by atoms with Crippen LogP contribution in [0.2, 0.25) is 0 Å². The predicted molar refractivity (Wildman–Crippen MR) is 54.3 cm³/mol. The summed E-state index contributed by atoms with van der Waals surface area (Å²) in [6.45, 7) is 4.19. The van der Waals surface area contributed by atoms with Crippen molar-refractivity contribution in [2.24, 2.45) is 0 Å². The van der Waals surface area contributed by atoms with Crippen LogP contribution in [0, 0.1) is 11.6 Å². The zero-order valence-corrected chi connectivity index (χ0v) is 8.94. The third-order valence-corrected chi connectivity index (χ3v) is 2.73. The van der Waals surface area contributed by atoms with E-state index < -0.39 is 5.82 Å². The smallest absolute Gasteiger partial charge is 0.165 e. The SMILES string of the molecule is CC(C)c1cc(F)c2c(c1F)CCCO2. The zero-order valence-electron chi connectivity index (χ0n) is 8.94. The molecule has 82 valence electrons. The van der Waals surface area contributed by atoms with Gasteiger partial charge in [0.05, 0.1) is 6.61 Å². The van der Waals surface area contributed by atoms with E-state index in [1.165, 1.54) is 6.07 Å². The van der Waals surface area contributed by atoms with Crippen LogP contribution in [0.15, 0.2) is 6.07 Å². The monoisotopic (exact) mass is 212 g/mol. The first-order valence-corrected chi connectivity index (χ1v) is 5.25. The largest absolute Gasteiger partial charge is 0.490 e. The van der Waals surface area contributed by atoms with Gasteiger partial charge in [-0.15, -0.1) is 0 Å². The molecule has 0 spiro atoms. The Morgan fingerprint density at radius 3 is 2.73 bits per heavy atom. The minimum absolute atomic E-state index is 0.00766. The number of hydrogen-bond donors (Lipinski definition) is 0. The summed E-state index contributed by atoms with van der Waals surface area (Å²) in [5, 5.41) is 0. The molecule has 0 bridgehead atoms. The summed E-state index contributed by atoms with van der Waals surface area (Å²) >= 11 is 0. The van der Waals surface area contributed by atoms with Crippen molar-refractivity contribution in [3.8, 4) is 5.75 Å². The van der Waals surface area contributed by atoms with Crippen LogP contribution in [0.3, 0.4) is 0 Å². The molecule has 0 amide bonds. The van der Waals surface area contributed by atoms with Crippen LogP contribution in [0.1, 0.15) is 37.3 Å². The molecule has 1 aliphatic heterocycles. The fourth-order valence-electron chi connectivity index (χ4n) is 1.91. The Balaban J connectivity index is 2.59. The van der Waals surface area contributed by atoms with Gasteiger partial charge in [-0.05, 0) is 30.4 Å². The van der Waals surface area contributed by atoms with Crippen molar-refractivity contribution in [1.29, 1.82) is 0 Å². The van der Waals surface area contributed by atoms with E-state index in [1.807, 2.05) is 13.8 Å². The molecule has 1 nitrogen and oxygen atoms in total. The molecule has 0 fully saturated rings. The lowest BCUT2D eigenvalue weighted by Gasteiger charge is -2.21. The molecule has 0 saturated heterocycles. The van der Waals surface area contributed by atoms with E-state index in [2.05, 4.69) is 0 Å². The summed E-state index contributed by atoms with van der Waals surface area (Å²) in [4.78, 5) is 0. The third-order valence-electron chi connectivity index (χ3n) is 2.73. The van der Waals surface area contributed by atoms with Crippen LogP contribution < -0.4 is 4.74 Å². The Bertz CT molecular complexity index is 386. The molecular weight excluding hydrogens is 198 g/mol. The summed E-state index contributed by atoms with van der Waals surface area (Å²) < 4.78 is 32.7. The number of benzene rings is 1. The van der Waals surface area contributed by atoms with Crippen LogP contribution >= 0.6 is 0 Å². The summed E-state index contributed by atoms with van der Waals surface area (Å²) in [7, 11) is 0. The molecule has 15 heavy (non-hydrogen) atoms. The standard InChI is InChI=1S/C12H14F2O/c1-7(2)9-6-10(13)12-8(11(9)14)4-3-5-15-12/h6-7H,3-5H2,1-2H3. The quantitative estimate of drug-likeness (QED) is 0.693. The van der Waals surface area contributed by atoms with Gasteiger partial charge in [-0.1, -0.05) is 13.8 Å². The highest BCUT2D eigenvalue weighted by atomic mass is 19.1. The summed E-state index contributed by atoms with van der Waals surface area (Å²) in [6.07, 6.45) is 1.32. The maximum absolute atomic E-state index is 13.9. The first-order valence-electron chi connectivity index (χ1n) is 5.25. The molecule has 1 aliphatic rings. The Kier molecular flexibility index (Phi) is 2.63. The number of ether oxygens (including phenoxy) is 1. The third kappa shape index (κ3) is 1.71. The Labute approximate surface area is 88.1 Å². The highest BCUT2D eigenvalue weighted by Gasteiger charge is 2.23. The molecule has 0 aliphatic carbocycles. The summed E-state index contributed by atoms with van der Waals surface area (Å²) in [5.74, 6) is -0.620. The van der Waals surface area contributed by atoms with E-state index in [0.29, 0.717) is 24.2 Å². The van der Waals surface area contributed by atoms with Gasteiger partial charge in [0.25, 0.3) is 0 Å². The van der Waals surface area contributed by atoms with Crippen molar-refractivity contribution >= 4 is 0 Å². The lowest BCUT2D eigenvalue weighted by Crippen LogP contribution is -2.13. The van der Waals surface area contributed by atoms with E-state index >= 15 is 0 Å². The highest BCUT2D eigenvalue weighted by Crippen LogP contribution is 2.34. The molecule has 0 N–H and O–H groups in total. The number of fused-ring (bicyclic) bond motifs is 1. The molecule has 0 radical (unpaired) electrons. The van der Waals surface area contributed by atoms with Crippen molar-refractivity contribution < 1.29 is 13.5 Å². The molecule has 1 heterocycles. The number of halogens is 2. The van der Waals surface area contributed by atoms with Gasteiger partial charge in [0, 0.05) is 5.56 Å². The van der Waals surface area contributed by atoms with Crippen LogP contribution in [-0.2, 0) is 6.42 Å². The highest BCUT2D eigenvalue weighted by molar-refractivity contribution is 5.42.